The summed E-state index contributed by atoms with van der Waals surface area (Å²) in [6.07, 6.45) is 6.99. The summed E-state index contributed by atoms with van der Waals surface area (Å²) in [4.78, 5) is 2.56. The van der Waals surface area contributed by atoms with Crippen molar-refractivity contribution >= 4 is 0 Å². The third-order valence-electron chi connectivity index (χ3n) is 2.92. The quantitative estimate of drug-likeness (QED) is 0.716. The Kier molecular flexibility index (Phi) is 5.96. The van der Waals surface area contributed by atoms with E-state index in [0.29, 0.717) is 6.04 Å². The number of nitrogens with one attached hydrogen (secondary N) is 1. The van der Waals surface area contributed by atoms with E-state index in [1.165, 1.54) is 32.5 Å². The van der Waals surface area contributed by atoms with Gasteiger partial charge in [0, 0.05) is 19.1 Å². The van der Waals surface area contributed by atoms with Crippen LogP contribution >= 0.6 is 0 Å². The van der Waals surface area contributed by atoms with E-state index in [1.54, 1.807) is 0 Å². The van der Waals surface area contributed by atoms with Gasteiger partial charge in [-0.25, -0.2) is 0 Å². The van der Waals surface area contributed by atoms with E-state index in [2.05, 4.69) is 43.1 Å². The first-order chi connectivity index (χ1) is 7.22. The van der Waals surface area contributed by atoms with Crippen LogP contribution in [0.25, 0.3) is 0 Å². The Morgan fingerprint density at radius 2 is 2.27 bits per heavy atom. The first-order valence-electron chi connectivity index (χ1n) is 6.29. The molecule has 0 saturated carbocycles. The van der Waals surface area contributed by atoms with Crippen LogP contribution in [-0.2, 0) is 0 Å². The summed E-state index contributed by atoms with van der Waals surface area (Å²) in [5.74, 6) is 0.796. The predicted molar refractivity (Wildman–Crippen MR) is 67.1 cm³/mol. The highest BCUT2D eigenvalue weighted by atomic mass is 15.2. The Labute approximate surface area is 94.7 Å². The summed E-state index contributed by atoms with van der Waals surface area (Å²) in [6, 6.07) is 0.692. The molecule has 1 fully saturated rings. The van der Waals surface area contributed by atoms with Gasteiger partial charge in [0.25, 0.3) is 0 Å². The predicted octanol–water partition coefficient (Wildman–Crippen LogP) is 2.27. The summed E-state index contributed by atoms with van der Waals surface area (Å²) >= 11 is 0. The summed E-state index contributed by atoms with van der Waals surface area (Å²) in [7, 11) is 0. The highest BCUT2D eigenvalue weighted by Crippen LogP contribution is 2.09. The topological polar surface area (TPSA) is 15.3 Å². The largest absolute Gasteiger partial charge is 0.313 e. The van der Waals surface area contributed by atoms with Crippen molar-refractivity contribution in [2.75, 3.05) is 26.2 Å². The molecule has 0 radical (unpaired) electrons. The molecule has 2 nitrogen and oxygen atoms in total. The molecule has 1 N–H and O–H groups in total. The lowest BCUT2D eigenvalue weighted by atomic mass is 10.0. The Balaban J connectivity index is 2.38. The number of hydrogen-bond donors (Lipinski definition) is 1. The van der Waals surface area contributed by atoms with Gasteiger partial charge in [0.15, 0.2) is 0 Å². The molecule has 0 aliphatic carbocycles. The van der Waals surface area contributed by atoms with E-state index in [0.717, 1.165) is 12.5 Å². The average Bonchev–Trinajstić information content (AvgIpc) is 2.39. The molecule has 0 aromatic rings. The zero-order chi connectivity index (χ0) is 11.1. The van der Waals surface area contributed by atoms with Gasteiger partial charge in [-0.2, -0.15) is 0 Å². The van der Waals surface area contributed by atoms with Gasteiger partial charge in [-0.3, -0.25) is 4.90 Å². The maximum absolute atomic E-state index is 3.65. The Morgan fingerprint density at radius 3 is 2.93 bits per heavy atom. The molecule has 0 spiro atoms. The molecule has 2 heteroatoms. The van der Waals surface area contributed by atoms with Gasteiger partial charge < -0.3 is 5.32 Å². The molecule has 1 atom stereocenters. The first-order valence-corrected chi connectivity index (χ1v) is 6.29. The van der Waals surface area contributed by atoms with E-state index < -0.39 is 0 Å². The minimum atomic E-state index is 0.692. The zero-order valence-corrected chi connectivity index (χ0v) is 10.5. The highest BCUT2D eigenvalue weighted by Gasteiger charge is 2.17. The average molecular weight is 210 g/mol. The van der Waals surface area contributed by atoms with Crippen LogP contribution in [0.1, 0.15) is 33.6 Å². The van der Waals surface area contributed by atoms with Crippen molar-refractivity contribution in [1.82, 2.24) is 10.2 Å². The molecular formula is C13H26N2. The molecule has 1 aliphatic rings. The Bertz CT molecular complexity index is 187. The van der Waals surface area contributed by atoms with Crippen LogP contribution in [0.5, 0.6) is 0 Å². The van der Waals surface area contributed by atoms with Crippen molar-refractivity contribution in [2.45, 2.75) is 39.7 Å². The zero-order valence-electron chi connectivity index (χ0n) is 10.5. The highest BCUT2D eigenvalue weighted by molar-refractivity contribution is 4.85. The van der Waals surface area contributed by atoms with Crippen molar-refractivity contribution in [3.05, 3.63) is 12.2 Å². The molecular weight excluding hydrogens is 184 g/mol. The van der Waals surface area contributed by atoms with E-state index in [-0.39, 0.29) is 0 Å². The lowest BCUT2D eigenvalue weighted by molar-refractivity contribution is 0.278. The minimum Gasteiger partial charge on any atom is -0.313 e. The van der Waals surface area contributed by atoms with E-state index in [9.17, 15) is 0 Å². The second-order valence-electron chi connectivity index (χ2n) is 4.96. The van der Waals surface area contributed by atoms with Crippen LogP contribution in [-0.4, -0.2) is 37.1 Å². The monoisotopic (exact) mass is 210 g/mol. The fourth-order valence-electron chi connectivity index (χ4n) is 2.22. The molecule has 88 valence electrons. The fourth-order valence-corrected chi connectivity index (χ4v) is 2.22. The van der Waals surface area contributed by atoms with Gasteiger partial charge in [0.2, 0.25) is 0 Å². The SMILES string of the molecule is C/C=C/CN1CCCNC(CC(C)C)C1. The van der Waals surface area contributed by atoms with Crippen LogP contribution in [0.15, 0.2) is 12.2 Å². The first kappa shape index (κ1) is 12.7. The summed E-state index contributed by atoms with van der Waals surface area (Å²) < 4.78 is 0. The molecule has 0 bridgehead atoms. The Hall–Kier alpha value is -0.340. The van der Waals surface area contributed by atoms with Crippen molar-refractivity contribution in [3.63, 3.8) is 0 Å². The molecule has 0 aromatic carbocycles. The van der Waals surface area contributed by atoms with Gasteiger partial charge in [-0.15, -0.1) is 0 Å². The summed E-state index contributed by atoms with van der Waals surface area (Å²) in [5, 5.41) is 3.65. The third-order valence-corrected chi connectivity index (χ3v) is 2.92. The van der Waals surface area contributed by atoms with Crippen LogP contribution < -0.4 is 5.32 Å². The maximum Gasteiger partial charge on any atom is 0.0197 e. The number of nitrogens with zero attached hydrogens (tertiary/aromatic N) is 1. The molecule has 1 rings (SSSR count). The smallest absolute Gasteiger partial charge is 0.0197 e. The minimum absolute atomic E-state index is 0.692. The van der Waals surface area contributed by atoms with Crippen LogP contribution in [0, 0.1) is 5.92 Å². The maximum atomic E-state index is 3.65. The summed E-state index contributed by atoms with van der Waals surface area (Å²) in [5.41, 5.74) is 0. The number of hydrogen-bond acceptors (Lipinski definition) is 2. The van der Waals surface area contributed by atoms with E-state index in [4.69, 9.17) is 0 Å². The van der Waals surface area contributed by atoms with Gasteiger partial charge >= 0.3 is 0 Å². The van der Waals surface area contributed by atoms with Crippen LogP contribution in [0.4, 0.5) is 0 Å². The molecule has 0 aromatic heterocycles. The fraction of sp³-hybridized carbons (Fsp3) is 0.846. The van der Waals surface area contributed by atoms with Crippen LogP contribution in [0.2, 0.25) is 0 Å². The van der Waals surface area contributed by atoms with Gasteiger partial charge in [0.1, 0.15) is 0 Å². The van der Waals surface area contributed by atoms with Crippen LogP contribution in [0.3, 0.4) is 0 Å². The van der Waals surface area contributed by atoms with Crippen molar-refractivity contribution in [1.29, 1.82) is 0 Å². The molecule has 1 heterocycles. The second kappa shape index (κ2) is 7.02. The number of rotatable bonds is 4. The molecule has 15 heavy (non-hydrogen) atoms. The van der Waals surface area contributed by atoms with Crippen molar-refractivity contribution in [3.8, 4) is 0 Å². The third kappa shape index (κ3) is 5.33. The van der Waals surface area contributed by atoms with E-state index in [1.807, 2.05) is 0 Å². The molecule has 0 amide bonds. The van der Waals surface area contributed by atoms with Crippen molar-refractivity contribution in [2.24, 2.45) is 5.92 Å². The number of allylic oxidation sites excluding steroid dienone is 1. The second-order valence-corrected chi connectivity index (χ2v) is 4.96. The van der Waals surface area contributed by atoms with Gasteiger partial charge in [-0.1, -0.05) is 26.0 Å². The standard InChI is InChI=1S/C13H26N2/c1-4-5-8-15-9-6-7-14-13(11-15)10-12(2)3/h4-5,12-14H,6-11H2,1-3H3/b5-4+. The Morgan fingerprint density at radius 1 is 1.47 bits per heavy atom. The van der Waals surface area contributed by atoms with E-state index >= 15 is 0 Å². The normalized spacial score (nSPS) is 24.9. The molecule has 1 aliphatic heterocycles. The van der Waals surface area contributed by atoms with Gasteiger partial charge in [-0.05, 0) is 38.8 Å². The lowest BCUT2D eigenvalue weighted by Gasteiger charge is -2.24. The summed E-state index contributed by atoms with van der Waals surface area (Å²) in [6.45, 7) is 11.5. The molecule has 1 saturated heterocycles. The van der Waals surface area contributed by atoms with Crippen molar-refractivity contribution < 1.29 is 0 Å². The van der Waals surface area contributed by atoms with Gasteiger partial charge in [0.05, 0.1) is 0 Å². The molecule has 1 unspecified atom stereocenters. The lowest BCUT2D eigenvalue weighted by Crippen LogP contribution is -2.38.